The molecule has 0 atom stereocenters. The first-order valence-electron chi connectivity index (χ1n) is 8.13. The molecule has 0 spiro atoms. The number of nitrogens with one attached hydrogen (secondary N) is 1. The SMILES string of the molecule is CC(C)OCc1cccc(CNC(=O)CCc2ccccc2)c1. The summed E-state index contributed by atoms with van der Waals surface area (Å²) in [4.78, 5) is 12.0. The van der Waals surface area contributed by atoms with Crippen LogP contribution < -0.4 is 5.32 Å². The first-order chi connectivity index (χ1) is 11.1. The largest absolute Gasteiger partial charge is 0.374 e. The van der Waals surface area contributed by atoms with E-state index in [4.69, 9.17) is 4.74 Å². The Labute approximate surface area is 138 Å². The van der Waals surface area contributed by atoms with Crippen LogP contribution >= 0.6 is 0 Å². The normalized spacial score (nSPS) is 10.7. The smallest absolute Gasteiger partial charge is 0.220 e. The molecule has 0 aliphatic rings. The zero-order valence-electron chi connectivity index (χ0n) is 13.9. The maximum atomic E-state index is 12.0. The molecule has 0 aliphatic carbocycles. The Bertz CT molecular complexity index is 608. The molecule has 0 bridgehead atoms. The minimum Gasteiger partial charge on any atom is -0.374 e. The van der Waals surface area contributed by atoms with Crippen LogP contribution in [0.15, 0.2) is 54.6 Å². The van der Waals surface area contributed by atoms with E-state index in [0.717, 1.165) is 17.5 Å². The van der Waals surface area contributed by atoms with E-state index in [9.17, 15) is 4.79 Å². The summed E-state index contributed by atoms with van der Waals surface area (Å²) in [6.45, 7) is 5.21. The summed E-state index contributed by atoms with van der Waals surface area (Å²) in [5.41, 5.74) is 3.42. The first kappa shape index (κ1) is 17.2. The Hall–Kier alpha value is -2.13. The highest BCUT2D eigenvalue weighted by Gasteiger charge is 2.03. The number of carbonyl (C=O) groups is 1. The van der Waals surface area contributed by atoms with Crippen molar-refractivity contribution in [2.24, 2.45) is 0 Å². The molecule has 2 rings (SSSR count). The second-order valence-corrected chi connectivity index (χ2v) is 5.94. The number of hydrogen-bond donors (Lipinski definition) is 1. The van der Waals surface area contributed by atoms with Crippen molar-refractivity contribution in [3.05, 3.63) is 71.3 Å². The van der Waals surface area contributed by atoms with Crippen LogP contribution in [0.25, 0.3) is 0 Å². The molecular formula is C20H25NO2. The Kier molecular flexibility index (Phi) is 6.82. The summed E-state index contributed by atoms with van der Waals surface area (Å²) in [5, 5.41) is 2.98. The second kappa shape index (κ2) is 9.11. The number of aryl methyl sites for hydroxylation is 1. The maximum Gasteiger partial charge on any atom is 0.220 e. The zero-order chi connectivity index (χ0) is 16.5. The van der Waals surface area contributed by atoms with Crippen molar-refractivity contribution < 1.29 is 9.53 Å². The van der Waals surface area contributed by atoms with Crippen molar-refractivity contribution >= 4 is 5.91 Å². The highest BCUT2D eigenvalue weighted by Crippen LogP contribution is 2.08. The number of carbonyl (C=O) groups excluding carboxylic acids is 1. The molecule has 1 amide bonds. The average Bonchev–Trinajstić information content (AvgIpc) is 2.57. The maximum absolute atomic E-state index is 12.0. The average molecular weight is 311 g/mol. The lowest BCUT2D eigenvalue weighted by molar-refractivity contribution is -0.121. The number of benzene rings is 2. The number of amides is 1. The number of rotatable bonds is 8. The van der Waals surface area contributed by atoms with Gasteiger partial charge in [0, 0.05) is 13.0 Å². The summed E-state index contributed by atoms with van der Waals surface area (Å²) in [6.07, 6.45) is 1.51. The summed E-state index contributed by atoms with van der Waals surface area (Å²) in [5.74, 6) is 0.0812. The highest BCUT2D eigenvalue weighted by atomic mass is 16.5. The second-order valence-electron chi connectivity index (χ2n) is 5.94. The fourth-order valence-electron chi connectivity index (χ4n) is 2.28. The third kappa shape index (κ3) is 6.66. The van der Waals surface area contributed by atoms with E-state index in [1.54, 1.807) is 0 Å². The van der Waals surface area contributed by atoms with Gasteiger partial charge in [0.15, 0.2) is 0 Å². The lowest BCUT2D eigenvalue weighted by Gasteiger charge is -2.10. The minimum absolute atomic E-state index is 0.0812. The van der Waals surface area contributed by atoms with Gasteiger partial charge in [-0.05, 0) is 37.0 Å². The molecule has 23 heavy (non-hydrogen) atoms. The number of hydrogen-bond acceptors (Lipinski definition) is 2. The van der Waals surface area contributed by atoms with E-state index in [2.05, 4.69) is 11.4 Å². The van der Waals surface area contributed by atoms with Gasteiger partial charge in [0.2, 0.25) is 5.91 Å². The molecule has 0 fully saturated rings. The minimum atomic E-state index is 0.0812. The van der Waals surface area contributed by atoms with E-state index in [-0.39, 0.29) is 12.0 Å². The van der Waals surface area contributed by atoms with Crippen molar-refractivity contribution in [2.75, 3.05) is 0 Å². The van der Waals surface area contributed by atoms with Crippen LogP contribution in [0.4, 0.5) is 0 Å². The molecule has 3 nitrogen and oxygen atoms in total. The summed E-state index contributed by atoms with van der Waals surface area (Å²) in [6, 6.07) is 18.2. The summed E-state index contributed by atoms with van der Waals surface area (Å²) < 4.78 is 5.61. The molecule has 122 valence electrons. The van der Waals surface area contributed by atoms with Crippen molar-refractivity contribution in [1.82, 2.24) is 5.32 Å². The van der Waals surface area contributed by atoms with Gasteiger partial charge in [-0.2, -0.15) is 0 Å². The van der Waals surface area contributed by atoms with Crippen LogP contribution in [0.5, 0.6) is 0 Å². The van der Waals surface area contributed by atoms with Gasteiger partial charge >= 0.3 is 0 Å². The van der Waals surface area contributed by atoms with E-state index < -0.39 is 0 Å². The van der Waals surface area contributed by atoms with Crippen molar-refractivity contribution in [2.45, 2.75) is 45.9 Å². The fraction of sp³-hybridized carbons (Fsp3) is 0.350. The van der Waals surface area contributed by atoms with Gasteiger partial charge in [0.05, 0.1) is 12.7 Å². The summed E-state index contributed by atoms with van der Waals surface area (Å²) >= 11 is 0. The Morgan fingerprint density at radius 2 is 1.70 bits per heavy atom. The monoisotopic (exact) mass is 311 g/mol. The van der Waals surface area contributed by atoms with Gasteiger partial charge in [0.1, 0.15) is 0 Å². The van der Waals surface area contributed by atoms with Crippen LogP contribution in [-0.4, -0.2) is 12.0 Å². The standard InChI is InChI=1S/C20H25NO2/c1-16(2)23-15-19-10-6-9-18(13-19)14-21-20(22)12-11-17-7-4-3-5-8-17/h3-10,13,16H,11-12,14-15H2,1-2H3,(H,21,22). The molecule has 0 aromatic heterocycles. The van der Waals surface area contributed by atoms with Crippen LogP contribution in [0.1, 0.15) is 37.0 Å². The molecule has 3 heteroatoms. The van der Waals surface area contributed by atoms with Crippen LogP contribution in [-0.2, 0) is 29.1 Å². The van der Waals surface area contributed by atoms with Gasteiger partial charge in [0.25, 0.3) is 0 Å². The van der Waals surface area contributed by atoms with Gasteiger partial charge in [-0.25, -0.2) is 0 Å². The lowest BCUT2D eigenvalue weighted by Crippen LogP contribution is -2.23. The predicted octanol–water partition coefficient (Wildman–Crippen LogP) is 3.86. The quantitative estimate of drug-likeness (QED) is 0.804. The molecule has 0 unspecified atom stereocenters. The van der Waals surface area contributed by atoms with Gasteiger partial charge in [-0.1, -0.05) is 54.6 Å². The number of ether oxygens (including phenoxy) is 1. The van der Waals surface area contributed by atoms with Gasteiger partial charge in [-0.3, -0.25) is 4.79 Å². The van der Waals surface area contributed by atoms with Gasteiger partial charge < -0.3 is 10.1 Å². The topological polar surface area (TPSA) is 38.3 Å². The van der Waals surface area contributed by atoms with E-state index in [0.29, 0.717) is 19.6 Å². The lowest BCUT2D eigenvalue weighted by atomic mass is 10.1. The Balaban J connectivity index is 1.76. The van der Waals surface area contributed by atoms with E-state index >= 15 is 0 Å². The summed E-state index contributed by atoms with van der Waals surface area (Å²) in [7, 11) is 0. The van der Waals surface area contributed by atoms with E-state index in [1.165, 1.54) is 5.56 Å². The predicted molar refractivity (Wildman–Crippen MR) is 93.0 cm³/mol. The molecule has 0 saturated heterocycles. The third-order valence-corrected chi connectivity index (χ3v) is 3.55. The molecule has 0 heterocycles. The highest BCUT2D eigenvalue weighted by molar-refractivity contribution is 5.76. The van der Waals surface area contributed by atoms with Crippen LogP contribution in [0, 0.1) is 0 Å². The van der Waals surface area contributed by atoms with Crippen molar-refractivity contribution in [3.8, 4) is 0 Å². The molecule has 0 saturated carbocycles. The fourth-order valence-corrected chi connectivity index (χ4v) is 2.28. The Morgan fingerprint density at radius 1 is 1.00 bits per heavy atom. The van der Waals surface area contributed by atoms with Crippen LogP contribution in [0.3, 0.4) is 0 Å². The van der Waals surface area contributed by atoms with Gasteiger partial charge in [-0.15, -0.1) is 0 Å². The Morgan fingerprint density at radius 3 is 2.43 bits per heavy atom. The van der Waals surface area contributed by atoms with Crippen LogP contribution in [0.2, 0.25) is 0 Å². The molecule has 0 aliphatic heterocycles. The molecule has 1 N–H and O–H groups in total. The van der Waals surface area contributed by atoms with Crippen molar-refractivity contribution in [3.63, 3.8) is 0 Å². The molecule has 2 aromatic rings. The zero-order valence-corrected chi connectivity index (χ0v) is 13.9. The van der Waals surface area contributed by atoms with Crippen molar-refractivity contribution in [1.29, 1.82) is 0 Å². The van der Waals surface area contributed by atoms with E-state index in [1.807, 2.05) is 62.4 Å². The molecule has 0 radical (unpaired) electrons. The molecular weight excluding hydrogens is 286 g/mol. The molecule has 2 aromatic carbocycles. The first-order valence-corrected chi connectivity index (χ1v) is 8.13. The third-order valence-electron chi connectivity index (χ3n) is 3.55.